The number of aromatic nitrogens is 3. The maximum Gasteiger partial charge on any atom is 0.164 e. The van der Waals surface area contributed by atoms with Crippen LogP contribution < -0.4 is 0 Å². The van der Waals surface area contributed by atoms with Gasteiger partial charge in [0.05, 0.1) is 0 Å². The molecule has 0 amide bonds. The lowest BCUT2D eigenvalue weighted by Gasteiger charge is -2.09. The first-order valence-electron chi connectivity index (χ1n) is 7.74. The van der Waals surface area contributed by atoms with E-state index in [-0.39, 0.29) is 0 Å². The van der Waals surface area contributed by atoms with Crippen LogP contribution in [-0.2, 0) is 6.42 Å². The molecule has 3 heteroatoms. The van der Waals surface area contributed by atoms with E-state index in [0.717, 1.165) is 29.1 Å². The summed E-state index contributed by atoms with van der Waals surface area (Å²) in [4.78, 5) is 9.36. The van der Waals surface area contributed by atoms with Gasteiger partial charge in [0.2, 0.25) is 0 Å². The molecule has 0 bridgehead atoms. The van der Waals surface area contributed by atoms with Crippen molar-refractivity contribution in [3.8, 4) is 5.69 Å². The van der Waals surface area contributed by atoms with Crippen LogP contribution in [-0.4, -0.2) is 14.5 Å². The van der Waals surface area contributed by atoms with Crippen molar-refractivity contribution in [2.45, 2.75) is 13.3 Å². The Balaban J connectivity index is 1.91. The predicted molar refractivity (Wildman–Crippen MR) is 92.9 cm³/mol. The van der Waals surface area contributed by atoms with Crippen molar-refractivity contribution >= 4 is 11.2 Å². The van der Waals surface area contributed by atoms with Crippen LogP contribution in [0, 0.1) is 6.92 Å². The second-order valence-electron chi connectivity index (χ2n) is 5.71. The van der Waals surface area contributed by atoms with Crippen molar-refractivity contribution in [3.05, 3.63) is 89.9 Å². The zero-order valence-corrected chi connectivity index (χ0v) is 13.0. The van der Waals surface area contributed by atoms with Gasteiger partial charge in [-0.2, -0.15) is 0 Å². The van der Waals surface area contributed by atoms with E-state index in [4.69, 9.17) is 4.98 Å². The normalized spacial score (nSPS) is 11.0. The lowest BCUT2D eigenvalue weighted by molar-refractivity contribution is 0.923. The molecule has 0 aliphatic carbocycles. The van der Waals surface area contributed by atoms with Crippen molar-refractivity contribution in [2.24, 2.45) is 0 Å². The maximum absolute atomic E-state index is 4.81. The third-order valence-electron chi connectivity index (χ3n) is 3.95. The number of imidazole rings is 1. The Kier molecular flexibility index (Phi) is 3.39. The number of hydrogen-bond acceptors (Lipinski definition) is 2. The first-order chi connectivity index (χ1) is 11.3. The number of aryl methyl sites for hydroxylation is 1. The van der Waals surface area contributed by atoms with Crippen LogP contribution >= 0.6 is 0 Å². The minimum absolute atomic E-state index is 0.783. The van der Waals surface area contributed by atoms with Gasteiger partial charge in [-0.05, 0) is 42.3 Å². The fraction of sp³-hybridized carbons (Fsp3) is 0.100. The van der Waals surface area contributed by atoms with Crippen LogP contribution in [0.25, 0.3) is 16.9 Å². The van der Waals surface area contributed by atoms with Gasteiger partial charge in [-0.3, -0.25) is 4.57 Å². The molecule has 0 atom stereocenters. The van der Waals surface area contributed by atoms with E-state index in [1.165, 1.54) is 11.1 Å². The lowest BCUT2D eigenvalue weighted by atomic mass is 10.1. The van der Waals surface area contributed by atoms with E-state index < -0.39 is 0 Å². The van der Waals surface area contributed by atoms with Gasteiger partial charge in [0.1, 0.15) is 11.3 Å². The highest BCUT2D eigenvalue weighted by molar-refractivity contribution is 5.74. The molecular weight excluding hydrogens is 282 g/mol. The SMILES string of the molecule is Cc1cccc(-n2c(Cc3ccccc3)nc3cccnc32)c1. The van der Waals surface area contributed by atoms with Gasteiger partial charge >= 0.3 is 0 Å². The van der Waals surface area contributed by atoms with E-state index in [1.807, 2.05) is 24.4 Å². The second kappa shape index (κ2) is 5.69. The average Bonchev–Trinajstić information content (AvgIpc) is 2.93. The molecule has 4 aromatic rings. The van der Waals surface area contributed by atoms with E-state index in [9.17, 15) is 0 Å². The maximum atomic E-state index is 4.81. The number of rotatable bonds is 3. The van der Waals surface area contributed by atoms with Crippen LogP contribution in [0.2, 0.25) is 0 Å². The number of hydrogen-bond donors (Lipinski definition) is 0. The minimum atomic E-state index is 0.783. The molecule has 4 rings (SSSR count). The van der Waals surface area contributed by atoms with Crippen molar-refractivity contribution in [1.29, 1.82) is 0 Å². The van der Waals surface area contributed by atoms with Crippen molar-refractivity contribution < 1.29 is 0 Å². The van der Waals surface area contributed by atoms with Crippen LogP contribution in [0.3, 0.4) is 0 Å². The summed E-state index contributed by atoms with van der Waals surface area (Å²) < 4.78 is 2.16. The van der Waals surface area contributed by atoms with Gasteiger partial charge in [-0.1, -0.05) is 42.5 Å². The summed E-state index contributed by atoms with van der Waals surface area (Å²) in [5.41, 5.74) is 5.42. The van der Waals surface area contributed by atoms with Crippen LogP contribution in [0.5, 0.6) is 0 Å². The third-order valence-corrected chi connectivity index (χ3v) is 3.95. The standard InChI is InChI=1S/C20H17N3/c1-15-7-5-10-17(13-15)23-19(14-16-8-3-2-4-9-16)22-18-11-6-12-21-20(18)23/h2-13H,14H2,1H3. The van der Waals surface area contributed by atoms with Gasteiger partial charge < -0.3 is 0 Å². The Hall–Kier alpha value is -2.94. The Morgan fingerprint density at radius 2 is 1.78 bits per heavy atom. The summed E-state index contributed by atoms with van der Waals surface area (Å²) >= 11 is 0. The Morgan fingerprint density at radius 3 is 2.61 bits per heavy atom. The van der Waals surface area contributed by atoms with Crippen LogP contribution in [0.15, 0.2) is 72.9 Å². The van der Waals surface area contributed by atoms with Crippen molar-refractivity contribution in [2.75, 3.05) is 0 Å². The van der Waals surface area contributed by atoms with E-state index in [2.05, 4.69) is 65.0 Å². The highest BCUT2D eigenvalue weighted by Crippen LogP contribution is 2.22. The summed E-state index contributed by atoms with van der Waals surface area (Å²) in [5.74, 6) is 1.01. The molecule has 0 fully saturated rings. The zero-order chi connectivity index (χ0) is 15.6. The van der Waals surface area contributed by atoms with Gasteiger partial charge in [0, 0.05) is 18.3 Å². The zero-order valence-electron chi connectivity index (χ0n) is 13.0. The molecule has 0 spiro atoms. The lowest BCUT2D eigenvalue weighted by Crippen LogP contribution is -2.03. The Bertz CT molecular complexity index is 955. The molecule has 0 radical (unpaired) electrons. The van der Waals surface area contributed by atoms with Crippen LogP contribution in [0.1, 0.15) is 17.0 Å². The molecule has 0 N–H and O–H groups in total. The molecule has 0 aliphatic heterocycles. The molecule has 3 nitrogen and oxygen atoms in total. The number of benzene rings is 2. The molecule has 0 unspecified atom stereocenters. The first-order valence-corrected chi connectivity index (χ1v) is 7.74. The molecule has 2 aromatic heterocycles. The quantitative estimate of drug-likeness (QED) is 0.564. The fourth-order valence-electron chi connectivity index (χ4n) is 2.89. The summed E-state index contributed by atoms with van der Waals surface area (Å²) in [6.45, 7) is 2.10. The molecule has 0 saturated heterocycles. The Morgan fingerprint density at radius 1 is 0.913 bits per heavy atom. The monoisotopic (exact) mass is 299 g/mol. The van der Waals surface area contributed by atoms with E-state index in [1.54, 1.807) is 0 Å². The molecular formula is C20H17N3. The fourth-order valence-corrected chi connectivity index (χ4v) is 2.89. The summed E-state index contributed by atoms with van der Waals surface area (Å²) in [7, 11) is 0. The van der Waals surface area contributed by atoms with Gasteiger partial charge in [0.15, 0.2) is 5.65 Å². The molecule has 0 aliphatic rings. The summed E-state index contributed by atoms with van der Waals surface area (Å²) in [6, 6.07) is 22.8. The van der Waals surface area contributed by atoms with Crippen molar-refractivity contribution in [1.82, 2.24) is 14.5 Å². The number of fused-ring (bicyclic) bond motifs is 1. The number of pyridine rings is 1. The largest absolute Gasteiger partial charge is 0.280 e. The molecule has 112 valence electrons. The van der Waals surface area contributed by atoms with Crippen LogP contribution in [0.4, 0.5) is 0 Å². The topological polar surface area (TPSA) is 30.7 Å². The summed E-state index contributed by atoms with van der Waals surface area (Å²) in [6.07, 6.45) is 2.60. The van der Waals surface area contributed by atoms with Gasteiger partial charge in [-0.25, -0.2) is 9.97 Å². The van der Waals surface area contributed by atoms with Crippen molar-refractivity contribution in [3.63, 3.8) is 0 Å². The smallest absolute Gasteiger partial charge is 0.164 e. The van der Waals surface area contributed by atoms with Gasteiger partial charge in [-0.15, -0.1) is 0 Å². The molecule has 2 aromatic carbocycles. The Labute approximate surface area is 135 Å². The molecule has 0 saturated carbocycles. The highest BCUT2D eigenvalue weighted by Gasteiger charge is 2.13. The second-order valence-corrected chi connectivity index (χ2v) is 5.71. The predicted octanol–water partition coefficient (Wildman–Crippen LogP) is 4.32. The molecule has 2 heterocycles. The first kappa shape index (κ1) is 13.7. The average molecular weight is 299 g/mol. The number of nitrogens with zero attached hydrogens (tertiary/aromatic N) is 3. The highest BCUT2D eigenvalue weighted by atomic mass is 15.1. The third kappa shape index (κ3) is 2.61. The minimum Gasteiger partial charge on any atom is -0.280 e. The van der Waals surface area contributed by atoms with E-state index in [0.29, 0.717) is 0 Å². The van der Waals surface area contributed by atoms with Gasteiger partial charge in [0.25, 0.3) is 0 Å². The van der Waals surface area contributed by atoms with E-state index >= 15 is 0 Å². The summed E-state index contributed by atoms with van der Waals surface area (Å²) in [5, 5.41) is 0. The molecule has 23 heavy (non-hydrogen) atoms.